The van der Waals surface area contributed by atoms with Gasteiger partial charge in [-0.3, -0.25) is 9.52 Å². The fraction of sp³-hybridized carbons (Fsp3) is 0. The summed E-state index contributed by atoms with van der Waals surface area (Å²) < 4.78 is 27.5. The van der Waals surface area contributed by atoms with Gasteiger partial charge in [-0.2, -0.15) is 0 Å². The first kappa shape index (κ1) is 19.1. The second-order valence-electron chi connectivity index (χ2n) is 5.82. The highest BCUT2D eigenvalue weighted by Gasteiger charge is 2.16. The fourth-order valence-electron chi connectivity index (χ4n) is 2.45. The van der Waals surface area contributed by atoms with Gasteiger partial charge in [-0.25, -0.2) is 8.42 Å². The molecule has 0 aliphatic heterocycles. The molecule has 28 heavy (non-hydrogen) atoms. The van der Waals surface area contributed by atoms with Crippen LogP contribution in [0.25, 0.3) is 0 Å². The number of carbonyl (C=O) groups is 2. The molecule has 0 spiro atoms. The lowest BCUT2D eigenvalue weighted by Crippen LogP contribution is -2.22. The third kappa shape index (κ3) is 4.54. The lowest BCUT2D eigenvalue weighted by atomic mass is 10.2. The third-order valence-corrected chi connectivity index (χ3v) is 5.17. The molecule has 0 saturated carbocycles. The number of para-hydroxylation sites is 1. The van der Waals surface area contributed by atoms with E-state index in [2.05, 4.69) is 10.0 Å². The molecule has 142 valence electrons. The Hall–Kier alpha value is -3.65. The number of carboxylic acid groups (broad SMARTS) is 1. The Labute approximate surface area is 161 Å². The number of nitrogens with one attached hydrogen (secondary N) is 2. The van der Waals surface area contributed by atoms with E-state index in [0.29, 0.717) is 5.69 Å². The Morgan fingerprint density at radius 2 is 1.39 bits per heavy atom. The van der Waals surface area contributed by atoms with Crippen LogP contribution in [0, 0.1) is 0 Å². The summed E-state index contributed by atoms with van der Waals surface area (Å²) in [5.41, 5.74) is 0.676. The van der Waals surface area contributed by atoms with Gasteiger partial charge in [0.15, 0.2) is 0 Å². The van der Waals surface area contributed by atoms with Crippen molar-refractivity contribution in [1.29, 1.82) is 0 Å². The van der Waals surface area contributed by atoms with E-state index in [0.717, 1.165) is 0 Å². The maximum Gasteiger partial charge on any atom is 0.261 e. The van der Waals surface area contributed by atoms with E-state index in [1.165, 1.54) is 48.5 Å². The van der Waals surface area contributed by atoms with Crippen molar-refractivity contribution in [2.24, 2.45) is 0 Å². The summed E-state index contributed by atoms with van der Waals surface area (Å²) in [4.78, 5) is 23.3. The standard InChI is InChI=1S/C20H16N2O5S/c23-19(21-17-10-4-7-15(12-17)20(24)25)14-6-5-11-18(13-14)28(26,27)22-16-8-2-1-3-9-16/h1-13,22H,(H,21,23)(H,24,25)/p-1. The number of benzene rings is 3. The fourth-order valence-corrected chi connectivity index (χ4v) is 3.56. The summed E-state index contributed by atoms with van der Waals surface area (Å²) in [6.07, 6.45) is 0. The molecule has 1 amide bonds. The van der Waals surface area contributed by atoms with E-state index in [9.17, 15) is 23.1 Å². The highest BCUT2D eigenvalue weighted by molar-refractivity contribution is 7.92. The van der Waals surface area contributed by atoms with Gasteiger partial charge in [0, 0.05) is 16.9 Å². The Morgan fingerprint density at radius 1 is 0.750 bits per heavy atom. The molecule has 0 atom stereocenters. The van der Waals surface area contributed by atoms with Crippen LogP contribution in [0.15, 0.2) is 83.8 Å². The van der Waals surface area contributed by atoms with Crippen molar-refractivity contribution in [1.82, 2.24) is 0 Å². The lowest BCUT2D eigenvalue weighted by molar-refractivity contribution is -0.255. The van der Waals surface area contributed by atoms with Gasteiger partial charge in [0.25, 0.3) is 15.9 Å². The topological polar surface area (TPSA) is 115 Å². The normalized spacial score (nSPS) is 10.9. The Bertz CT molecular complexity index is 1130. The number of anilines is 2. The molecule has 0 aliphatic rings. The molecular weight excluding hydrogens is 380 g/mol. The van der Waals surface area contributed by atoms with Crippen molar-refractivity contribution in [3.05, 3.63) is 90.0 Å². The van der Waals surface area contributed by atoms with Crippen LogP contribution in [0.4, 0.5) is 11.4 Å². The van der Waals surface area contributed by atoms with Crippen LogP contribution in [0.2, 0.25) is 0 Å². The largest absolute Gasteiger partial charge is 0.545 e. The second-order valence-corrected chi connectivity index (χ2v) is 7.50. The highest BCUT2D eigenvalue weighted by atomic mass is 32.2. The van der Waals surface area contributed by atoms with Gasteiger partial charge in [0.2, 0.25) is 0 Å². The SMILES string of the molecule is O=C([O-])c1cccc(NC(=O)c2cccc(S(=O)(=O)Nc3ccccc3)c2)c1. The number of carboxylic acids is 1. The first-order valence-corrected chi connectivity index (χ1v) is 9.64. The zero-order valence-corrected chi connectivity index (χ0v) is 15.3. The summed E-state index contributed by atoms with van der Waals surface area (Å²) in [5.74, 6) is -1.94. The van der Waals surface area contributed by atoms with Gasteiger partial charge >= 0.3 is 0 Å². The highest BCUT2D eigenvalue weighted by Crippen LogP contribution is 2.18. The lowest BCUT2D eigenvalue weighted by Gasteiger charge is -2.10. The van der Waals surface area contributed by atoms with Gasteiger partial charge < -0.3 is 15.2 Å². The minimum Gasteiger partial charge on any atom is -0.545 e. The Morgan fingerprint density at radius 3 is 2.11 bits per heavy atom. The molecule has 0 fully saturated rings. The van der Waals surface area contributed by atoms with E-state index in [-0.39, 0.29) is 21.7 Å². The minimum absolute atomic E-state index is 0.0764. The van der Waals surface area contributed by atoms with Crippen LogP contribution in [0.1, 0.15) is 20.7 Å². The van der Waals surface area contributed by atoms with Crippen LogP contribution in [-0.2, 0) is 10.0 Å². The van der Waals surface area contributed by atoms with Crippen molar-refractivity contribution in [3.63, 3.8) is 0 Å². The molecule has 0 saturated heterocycles. The van der Waals surface area contributed by atoms with Crippen molar-refractivity contribution in [2.45, 2.75) is 4.90 Å². The number of aromatic carboxylic acids is 1. The maximum atomic E-state index is 12.5. The van der Waals surface area contributed by atoms with E-state index >= 15 is 0 Å². The molecule has 0 aromatic heterocycles. The van der Waals surface area contributed by atoms with E-state index < -0.39 is 21.9 Å². The Balaban J connectivity index is 1.81. The van der Waals surface area contributed by atoms with Crippen molar-refractivity contribution in [2.75, 3.05) is 10.0 Å². The quantitative estimate of drug-likeness (QED) is 0.663. The number of rotatable bonds is 6. The summed E-state index contributed by atoms with van der Waals surface area (Å²) in [5, 5.41) is 13.5. The van der Waals surface area contributed by atoms with Gasteiger partial charge in [-0.05, 0) is 48.0 Å². The van der Waals surface area contributed by atoms with Crippen LogP contribution in [-0.4, -0.2) is 20.3 Å². The van der Waals surface area contributed by atoms with Gasteiger partial charge in [0.1, 0.15) is 0 Å². The molecule has 0 bridgehead atoms. The number of hydrogen-bond acceptors (Lipinski definition) is 5. The second kappa shape index (κ2) is 7.93. The van der Waals surface area contributed by atoms with E-state index in [4.69, 9.17) is 0 Å². The number of carbonyl (C=O) groups excluding carboxylic acids is 2. The van der Waals surface area contributed by atoms with Crippen LogP contribution >= 0.6 is 0 Å². The molecule has 0 unspecified atom stereocenters. The molecule has 8 heteroatoms. The molecular formula is C20H15N2O5S-. The predicted molar refractivity (Wildman–Crippen MR) is 102 cm³/mol. The van der Waals surface area contributed by atoms with Gasteiger partial charge in [0.05, 0.1) is 10.9 Å². The smallest absolute Gasteiger partial charge is 0.261 e. The third-order valence-electron chi connectivity index (χ3n) is 3.79. The maximum absolute atomic E-state index is 12.5. The minimum atomic E-state index is -3.88. The molecule has 2 N–H and O–H groups in total. The molecule has 0 heterocycles. The summed E-state index contributed by atoms with van der Waals surface area (Å²) in [7, 11) is -3.88. The van der Waals surface area contributed by atoms with Crippen LogP contribution in [0.5, 0.6) is 0 Å². The first-order chi connectivity index (χ1) is 13.3. The molecule has 0 aliphatic carbocycles. The van der Waals surface area contributed by atoms with Gasteiger partial charge in [-0.1, -0.05) is 36.4 Å². The number of amides is 1. The first-order valence-electron chi connectivity index (χ1n) is 8.16. The molecule has 3 rings (SSSR count). The summed E-state index contributed by atoms with van der Waals surface area (Å²) in [6.45, 7) is 0. The van der Waals surface area contributed by atoms with E-state index in [1.807, 2.05) is 0 Å². The van der Waals surface area contributed by atoms with Crippen molar-refractivity contribution in [3.8, 4) is 0 Å². The zero-order valence-electron chi connectivity index (χ0n) is 14.5. The average Bonchev–Trinajstić information content (AvgIpc) is 2.68. The molecule has 3 aromatic rings. The number of sulfonamides is 1. The van der Waals surface area contributed by atoms with Crippen molar-refractivity contribution < 1.29 is 23.1 Å². The summed E-state index contributed by atoms with van der Waals surface area (Å²) in [6, 6.07) is 19.5. The molecule has 3 aromatic carbocycles. The van der Waals surface area contributed by atoms with Crippen molar-refractivity contribution >= 4 is 33.3 Å². The van der Waals surface area contributed by atoms with Crippen LogP contribution < -0.4 is 15.1 Å². The molecule has 7 nitrogen and oxygen atoms in total. The molecule has 0 radical (unpaired) electrons. The van der Waals surface area contributed by atoms with Crippen LogP contribution in [0.3, 0.4) is 0 Å². The zero-order chi connectivity index (χ0) is 20.1. The average molecular weight is 395 g/mol. The number of hydrogen-bond donors (Lipinski definition) is 2. The Kier molecular flexibility index (Phi) is 5.42. The van der Waals surface area contributed by atoms with E-state index in [1.54, 1.807) is 30.3 Å². The van der Waals surface area contributed by atoms with Gasteiger partial charge in [-0.15, -0.1) is 0 Å². The predicted octanol–water partition coefficient (Wildman–Crippen LogP) is 2.10. The summed E-state index contributed by atoms with van der Waals surface area (Å²) >= 11 is 0. The monoisotopic (exact) mass is 395 g/mol.